The molecule has 1 unspecified atom stereocenters. The molecule has 1 saturated heterocycles. The predicted octanol–water partition coefficient (Wildman–Crippen LogP) is 2.66. The molecular weight excluding hydrogens is 238 g/mol. The lowest BCUT2D eigenvalue weighted by atomic mass is 9.90. The lowest BCUT2D eigenvalue weighted by molar-refractivity contribution is -0.141. The van der Waals surface area contributed by atoms with Crippen molar-refractivity contribution in [3.8, 4) is 0 Å². The summed E-state index contributed by atoms with van der Waals surface area (Å²) in [5.74, 6) is -0.198. The maximum atomic E-state index is 10.9. The van der Waals surface area contributed by atoms with Crippen LogP contribution in [-0.2, 0) is 11.2 Å². The van der Waals surface area contributed by atoms with Gasteiger partial charge in [0.25, 0.3) is 0 Å². The molecule has 1 aliphatic heterocycles. The molecule has 1 aliphatic rings. The summed E-state index contributed by atoms with van der Waals surface area (Å²) in [6, 6.07) is 10.6. The molecule has 0 bridgehead atoms. The quantitative estimate of drug-likeness (QED) is 0.886. The Labute approximate surface area is 115 Å². The molecule has 0 aliphatic carbocycles. The van der Waals surface area contributed by atoms with Gasteiger partial charge < -0.3 is 10.0 Å². The Morgan fingerprint density at radius 3 is 2.53 bits per heavy atom. The van der Waals surface area contributed by atoms with Crippen LogP contribution in [0.4, 0.5) is 0 Å². The van der Waals surface area contributed by atoms with Gasteiger partial charge in [-0.25, -0.2) is 0 Å². The SMILES string of the molecule is CC(CN1CCC(Cc2ccccc2)CC1)C(=O)O. The van der Waals surface area contributed by atoms with Gasteiger partial charge >= 0.3 is 5.97 Å². The highest BCUT2D eigenvalue weighted by atomic mass is 16.4. The van der Waals surface area contributed by atoms with Crippen molar-refractivity contribution < 1.29 is 9.90 Å². The number of rotatable bonds is 5. The highest BCUT2D eigenvalue weighted by Crippen LogP contribution is 2.22. The lowest BCUT2D eigenvalue weighted by Gasteiger charge is -2.32. The summed E-state index contributed by atoms with van der Waals surface area (Å²) < 4.78 is 0. The summed E-state index contributed by atoms with van der Waals surface area (Å²) in [6.07, 6.45) is 3.52. The molecule has 0 aromatic heterocycles. The van der Waals surface area contributed by atoms with Crippen LogP contribution in [0.1, 0.15) is 25.3 Å². The van der Waals surface area contributed by atoms with Crippen molar-refractivity contribution >= 4 is 5.97 Å². The van der Waals surface area contributed by atoms with Crippen LogP contribution in [0, 0.1) is 11.8 Å². The molecule has 1 heterocycles. The first-order chi connectivity index (χ1) is 9.15. The first-order valence-corrected chi connectivity index (χ1v) is 7.14. The van der Waals surface area contributed by atoms with Gasteiger partial charge in [-0.2, -0.15) is 0 Å². The van der Waals surface area contributed by atoms with Crippen LogP contribution in [0.2, 0.25) is 0 Å². The number of carboxylic acid groups (broad SMARTS) is 1. The number of piperidine rings is 1. The van der Waals surface area contributed by atoms with Crippen LogP contribution in [0.5, 0.6) is 0 Å². The Balaban J connectivity index is 1.75. The summed E-state index contributed by atoms with van der Waals surface area (Å²) in [6.45, 7) is 4.55. The molecule has 3 nitrogen and oxygen atoms in total. The van der Waals surface area contributed by atoms with E-state index in [-0.39, 0.29) is 5.92 Å². The van der Waals surface area contributed by atoms with Gasteiger partial charge in [0, 0.05) is 6.54 Å². The number of carbonyl (C=O) groups is 1. The molecule has 0 saturated carbocycles. The minimum absolute atomic E-state index is 0.259. The number of aliphatic carboxylic acids is 1. The molecule has 0 spiro atoms. The number of hydrogen-bond donors (Lipinski definition) is 1. The molecule has 1 aromatic carbocycles. The van der Waals surface area contributed by atoms with Crippen molar-refractivity contribution in [3.63, 3.8) is 0 Å². The standard InChI is InChI=1S/C16H23NO2/c1-13(16(18)19)12-17-9-7-15(8-10-17)11-14-5-3-2-4-6-14/h2-6,13,15H,7-12H2,1H3,(H,18,19). The molecule has 104 valence electrons. The van der Waals surface area contributed by atoms with E-state index in [1.807, 2.05) is 0 Å². The van der Waals surface area contributed by atoms with Crippen LogP contribution in [0.25, 0.3) is 0 Å². The second-order valence-electron chi connectivity index (χ2n) is 5.67. The predicted molar refractivity (Wildman–Crippen MR) is 76.1 cm³/mol. The zero-order valence-electron chi connectivity index (χ0n) is 11.6. The molecule has 19 heavy (non-hydrogen) atoms. The largest absolute Gasteiger partial charge is 0.481 e. The van der Waals surface area contributed by atoms with Crippen molar-refractivity contribution in [2.24, 2.45) is 11.8 Å². The molecule has 1 aromatic rings. The lowest BCUT2D eigenvalue weighted by Crippen LogP contribution is -2.38. The van der Waals surface area contributed by atoms with Crippen molar-refractivity contribution in [2.45, 2.75) is 26.2 Å². The van der Waals surface area contributed by atoms with Gasteiger partial charge in [0.05, 0.1) is 5.92 Å². The van der Waals surface area contributed by atoms with E-state index in [9.17, 15) is 4.79 Å². The van der Waals surface area contributed by atoms with Crippen LogP contribution < -0.4 is 0 Å². The van der Waals surface area contributed by atoms with Gasteiger partial charge in [-0.1, -0.05) is 37.3 Å². The Bertz CT molecular complexity index is 396. The smallest absolute Gasteiger partial charge is 0.307 e. The van der Waals surface area contributed by atoms with E-state index in [2.05, 4.69) is 35.2 Å². The van der Waals surface area contributed by atoms with E-state index >= 15 is 0 Å². The highest BCUT2D eigenvalue weighted by molar-refractivity contribution is 5.69. The van der Waals surface area contributed by atoms with Gasteiger partial charge in [0.2, 0.25) is 0 Å². The first kappa shape index (κ1) is 14.1. The average molecular weight is 261 g/mol. The monoisotopic (exact) mass is 261 g/mol. The number of likely N-dealkylation sites (tertiary alicyclic amines) is 1. The summed E-state index contributed by atoms with van der Waals surface area (Å²) in [7, 11) is 0. The highest BCUT2D eigenvalue weighted by Gasteiger charge is 2.22. The van der Waals surface area contributed by atoms with Gasteiger partial charge in [-0.3, -0.25) is 4.79 Å². The fourth-order valence-electron chi connectivity index (χ4n) is 2.79. The van der Waals surface area contributed by atoms with E-state index in [0.717, 1.165) is 25.4 Å². The molecule has 1 atom stereocenters. The van der Waals surface area contributed by atoms with Crippen molar-refractivity contribution in [1.82, 2.24) is 4.90 Å². The number of nitrogens with zero attached hydrogens (tertiary/aromatic N) is 1. The van der Waals surface area contributed by atoms with E-state index in [0.29, 0.717) is 6.54 Å². The number of benzene rings is 1. The van der Waals surface area contributed by atoms with E-state index in [1.54, 1.807) is 6.92 Å². The van der Waals surface area contributed by atoms with Gasteiger partial charge in [-0.05, 0) is 43.8 Å². The third-order valence-corrected chi connectivity index (χ3v) is 4.03. The molecular formula is C16H23NO2. The Morgan fingerprint density at radius 1 is 1.32 bits per heavy atom. The molecule has 2 rings (SSSR count). The molecule has 3 heteroatoms. The third kappa shape index (κ3) is 4.35. The number of carboxylic acids is 1. The van der Waals surface area contributed by atoms with Crippen LogP contribution >= 0.6 is 0 Å². The topological polar surface area (TPSA) is 40.5 Å². The Morgan fingerprint density at radius 2 is 1.95 bits per heavy atom. The Hall–Kier alpha value is -1.35. The fourth-order valence-corrected chi connectivity index (χ4v) is 2.79. The van der Waals surface area contributed by atoms with E-state index < -0.39 is 5.97 Å². The average Bonchev–Trinajstić information content (AvgIpc) is 2.42. The summed E-state index contributed by atoms with van der Waals surface area (Å²) in [5.41, 5.74) is 1.42. The second-order valence-corrected chi connectivity index (χ2v) is 5.67. The van der Waals surface area contributed by atoms with Gasteiger partial charge in [0.15, 0.2) is 0 Å². The minimum atomic E-state index is -0.689. The summed E-state index contributed by atoms with van der Waals surface area (Å²) >= 11 is 0. The van der Waals surface area contributed by atoms with E-state index in [4.69, 9.17) is 5.11 Å². The van der Waals surface area contributed by atoms with Crippen molar-refractivity contribution in [3.05, 3.63) is 35.9 Å². The number of hydrogen-bond acceptors (Lipinski definition) is 2. The van der Waals surface area contributed by atoms with E-state index in [1.165, 1.54) is 18.4 Å². The summed E-state index contributed by atoms with van der Waals surface area (Å²) in [4.78, 5) is 13.1. The van der Waals surface area contributed by atoms with Gasteiger partial charge in [-0.15, -0.1) is 0 Å². The normalized spacial score (nSPS) is 19.2. The zero-order valence-corrected chi connectivity index (χ0v) is 11.6. The van der Waals surface area contributed by atoms with Crippen LogP contribution in [0.3, 0.4) is 0 Å². The van der Waals surface area contributed by atoms with Crippen LogP contribution in [0.15, 0.2) is 30.3 Å². The van der Waals surface area contributed by atoms with Gasteiger partial charge in [0.1, 0.15) is 0 Å². The molecule has 0 amide bonds. The maximum absolute atomic E-state index is 10.9. The zero-order chi connectivity index (χ0) is 13.7. The molecule has 1 N–H and O–H groups in total. The third-order valence-electron chi connectivity index (χ3n) is 4.03. The second kappa shape index (κ2) is 6.71. The maximum Gasteiger partial charge on any atom is 0.307 e. The van der Waals surface area contributed by atoms with Crippen LogP contribution in [-0.4, -0.2) is 35.6 Å². The summed E-state index contributed by atoms with van der Waals surface area (Å²) in [5, 5.41) is 8.93. The fraction of sp³-hybridized carbons (Fsp3) is 0.562. The Kier molecular flexibility index (Phi) is 4.97. The van der Waals surface area contributed by atoms with Crippen molar-refractivity contribution in [1.29, 1.82) is 0 Å². The minimum Gasteiger partial charge on any atom is -0.481 e. The first-order valence-electron chi connectivity index (χ1n) is 7.14. The molecule has 0 radical (unpaired) electrons. The molecule has 1 fully saturated rings. The van der Waals surface area contributed by atoms with Crippen molar-refractivity contribution in [2.75, 3.05) is 19.6 Å².